The van der Waals surface area contributed by atoms with Gasteiger partial charge in [-0.3, -0.25) is 9.59 Å². The van der Waals surface area contributed by atoms with Crippen LogP contribution in [0.25, 0.3) is 0 Å². The Labute approximate surface area is 156 Å². The van der Waals surface area contributed by atoms with Crippen LogP contribution in [0.1, 0.15) is 35.2 Å². The van der Waals surface area contributed by atoms with Crippen LogP contribution >= 0.6 is 0 Å². The summed E-state index contributed by atoms with van der Waals surface area (Å²) < 4.78 is 29.1. The van der Waals surface area contributed by atoms with Crippen molar-refractivity contribution in [3.05, 3.63) is 65.7 Å². The smallest absolute Gasteiger partial charge is 0.387 e. The third kappa shape index (κ3) is 6.36. The maximum Gasteiger partial charge on any atom is 0.387 e. The van der Waals surface area contributed by atoms with Crippen molar-refractivity contribution in [1.82, 2.24) is 10.6 Å². The van der Waals surface area contributed by atoms with Gasteiger partial charge in [0.05, 0.1) is 12.1 Å². The molecule has 7 heteroatoms. The Morgan fingerprint density at radius 3 is 2.33 bits per heavy atom. The summed E-state index contributed by atoms with van der Waals surface area (Å²) in [5.74, 6) is -1.08. The average molecular weight is 376 g/mol. The van der Waals surface area contributed by atoms with Gasteiger partial charge in [0.2, 0.25) is 5.91 Å². The summed E-state index contributed by atoms with van der Waals surface area (Å²) >= 11 is 0. The predicted octanol–water partition coefficient (Wildman–Crippen LogP) is 3.33. The van der Waals surface area contributed by atoms with Crippen molar-refractivity contribution in [2.75, 3.05) is 13.1 Å². The summed E-state index contributed by atoms with van der Waals surface area (Å²) in [6, 6.07) is 15.5. The minimum absolute atomic E-state index is 0.0543. The van der Waals surface area contributed by atoms with Crippen molar-refractivity contribution in [2.45, 2.75) is 25.9 Å². The second-order valence-corrected chi connectivity index (χ2v) is 5.88. The van der Waals surface area contributed by atoms with E-state index in [0.29, 0.717) is 6.54 Å². The molecule has 0 saturated carbocycles. The van der Waals surface area contributed by atoms with Crippen LogP contribution in [-0.4, -0.2) is 31.5 Å². The number of alkyl halides is 2. The largest absolute Gasteiger partial charge is 0.434 e. The van der Waals surface area contributed by atoms with E-state index in [9.17, 15) is 18.4 Å². The zero-order valence-electron chi connectivity index (χ0n) is 15.0. The maximum atomic E-state index is 12.4. The van der Waals surface area contributed by atoms with Crippen molar-refractivity contribution in [3.63, 3.8) is 0 Å². The molecule has 0 fully saturated rings. The van der Waals surface area contributed by atoms with Crippen molar-refractivity contribution in [3.8, 4) is 5.75 Å². The molecule has 5 nitrogen and oxygen atoms in total. The molecule has 1 atom stereocenters. The highest BCUT2D eigenvalue weighted by Gasteiger charge is 2.16. The van der Waals surface area contributed by atoms with Crippen LogP contribution in [0.5, 0.6) is 5.75 Å². The monoisotopic (exact) mass is 376 g/mol. The first-order chi connectivity index (χ1) is 13.0. The van der Waals surface area contributed by atoms with E-state index in [1.165, 1.54) is 24.3 Å². The van der Waals surface area contributed by atoms with E-state index >= 15 is 0 Å². The average Bonchev–Trinajstić information content (AvgIpc) is 2.67. The standard InChI is InChI=1S/C20H22F2N2O3/c1-2-14(15-8-4-3-5-9-15)12-23-18(25)13-24-19(26)16-10-6-7-11-17(16)27-20(21)22/h3-11,14,20H,2,12-13H2,1H3,(H,23,25)(H,24,26). The fourth-order valence-electron chi connectivity index (χ4n) is 2.63. The number of carbonyl (C=O) groups excluding carboxylic acids is 2. The van der Waals surface area contributed by atoms with Gasteiger partial charge in [0.1, 0.15) is 5.75 Å². The van der Waals surface area contributed by atoms with Crippen LogP contribution in [0.4, 0.5) is 8.78 Å². The molecule has 1 unspecified atom stereocenters. The Morgan fingerprint density at radius 1 is 1.00 bits per heavy atom. The molecule has 2 amide bonds. The Kier molecular flexibility index (Phi) is 7.73. The molecule has 0 aromatic heterocycles. The van der Waals surface area contributed by atoms with Gasteiger partial charge in [0, 0.05) is 12.5 Å². The maximum absolute atomic E-state index is 12.4. The Hall–Kier alpha value is -2.96. The van der Waals surface area contributed by atoms with Crippen LogP contribution in [0.15, 0.2) is 54.6 Å². The van der Waals surface area contributed by atoms with Crippen molar-refractivity contribution in [2.24, 2.45) is 0 Å². The topological polar surface area (TPSA) is 67.4 Å². The van der Waals surface area contributed by atoms with Crippen LogP contribution in [-0.2, 0) is 4.79 Å². The Bertz CT molecular complexity index is 754. The highest BCUT2D eigenvalue weighted by atomic mass is 19.3. The molecular weight excluding hydrogens is 354 g/mol. The Balaban J connectivity index is 1.86. The van der Waals surface area contributed by atoms with E-state index < -0.39 is 12.5 Å². The van der Waals surface area contributed by atoms with Crippen molar-refractivity contribution >= 4 is 11.8 Å². The fourth-order valence-corrected chi connectivity index (χ4v) is 2.63. The number of rotatable bonds is 9. The first-order valence-corrected chi connectivity index (χ1v) is 8.65. The molecule has 2 N–H and O–H groups in total. The van der Waals surface area contributed by atoms with Gasteiger partial charge < -0.3 is 15.4 Å². The van der Waals surface area contributed by atoms with Gasteiger partial charge in [-0.25, -0.2) is 0 Å². The predicted molar refractivity (Wildman–Crippen MR) is 97.9 cm³/mol. The molecule has 0 aliphatic carbocycles. The number of halogens is 2. The van der Waals surface area contributed by atoms with Crippen LogP contribution in [0.3, 0.4) is 0 Å². The number of nitrogens with one attached hydrogen (secondary N) is 2. The van der Waals surface area contributed by atoms with E-state index in [2.05, 4.69) is 15.4 Å². The quantitative estimate of drug-likeness (QED) is 0.705. The lowest BCUT2D eigenvalue weighted by Gasteiger charge is -2.16. The number of benzene rings is 2. The van der Waals surface area contributed by atoms with Gasteiger partial charge in [0.15, 0.2) is 0 Å². The van der Waals surface area contributed by atoms with Crippen molar-refractivity contribution < 1.29 is 23.1 Å². The third-order valence-corrected chi connectivity index (χ3v) is 4.07. The summed E-state index contributed by atoms with van der Waals surface area (Å²) in [6.07, 6.45) is 0.856. The highest BCUT2D eigenvalue weighted by Crippen LogP contribution is 2.20. The van der Waals surface area contributed by atoms with Gasteiger partial charge in [-0.1, -0.05) is 49.4 Å². The van der Waals surface area contributed by atoms with Gasteiger partial charge in [0.25, 0.3) is 5.91 Å². The minimum Gasteiger partial charge on any atom is -0.434 e. The summed E-state index contributed by atoms with van der Waals surface area (Å²) in [4.78, 5) is 24.2. The van der Waals surface area contributed by atoms with Crippen LogP contribution < -0.4 is 15.4 Å². The van der Waals surface area contributed by atoms with Crippen LogP contribution in [0, 0.1) is 0 Å². The minimum atomic E-state index is -3.04. The molecule has 2 rings (SSSR count). The Morgan fingerprint density at radius 2 is 1.67 bits per heavy atom. The first-order valence-electron chi connectivity index (χ1n) is 8.65. The molecule has 0 heterocycles. The van der Waals surface area contributed by atoms with Gasteiger partial charge in [-0.2, -0.15) is 8.78 Å². The number of para-hydroxylation sites is 1. The van der Waals surface area contributed by atoms with Crippen LogP contribution in [0.2, 0.25) is 0 Å². The summed E-state index contributed by atoms with van der Waals surface area (Å²) in [6.45, 7) is -0.815. The fraction of sp³-hybridized carbons (Fsp3) is 0.300. The number of carbonyl (C=O) groups is 2. The molecule has 144 valence electrons. The number of hydrogen-bond donors (Lipinski definition) is 2. The molecule has 2 aromatic rings. The number of hydrogen-bond acceptors (Lipinski definition) is 3. The molecular formula is C20H22F2N2O3. The van der Waals surface area contributed by atoms with Crippen molar-refractivity contribution in [1.29, 1.82) is 0 Å². The zero-order chi connectivity index (χ0) is 19.6. The highest BCUT2D eigenvalue weighted by molar-refractivity contribution is 5.98. The summed E-state index contributed by atoms with van der Waals surface area (Å²) in [7, 11) is 0. The molecule has 0 bridgehead atoms. The van der Waals surface area contributed by atoms with E-state index in [-0.39, 0.29) is 29.7 Å². The molecule has 0 aliphatic heterocycles. The summed E-state index contributed by atoms with van der Waals surface area (Å²) in [5, 5.41) is 5.20. The zero-order valence-corrected chi connectivity index (χ0v) is 15.0. The second-order valence-electron chi connectivity index (χ2n) is 5.88. The summed E-state index contributed by atoms with van der Waals surface area (Å²) in [5.41, 5.74) is 1.07. The van der Waals surface area contributed by atoms with Gasteiger partial charge >= 0.3 is 6.61 Å². The normalized spacial score (nSPS) is 11.7. The van der Waals surface area contributed by atoms with Gasteiger partial charge in [-0.05, 0) is 24.1 Å². The molecule has 0 aliphatic rings. The molecule has 0 spiro atoms. The lowest BCUT2D eigenvalue weighted by molar-refractivity contribution is -0.120. The number of ether oxygens (including phenoxy) is 1. The number of amides is 2. The van der Waals surface area contributed by atoms with Gasteiger partial charge in [-0.15, -0.1) is 0 Å². The van der Waals surface area contributed by atoms with E-state index in [1.807, 2.05) is 37.3 Å². The lowest BCUT2D eigenvalue weighted by atomic mass is 9.96. The second kappa shape index (κ2) is 10.3. The van der Waals surface area contributed by atoms with E-state index in [4.69, 9.17) is 0 Å². The SMILES string of the molecule is CCC(CNC(=O)CNC(=O)c1ccccc1OC(F)F)c1ccccc1. The third-order valence-electron chi connectivity index (χ3n) is 4.07. The van der Waals surface area contributed by atoms with E-state index in [0.717, 1.165) is 12.0 Å². The molecule has 0 radical (unpaired) electrons. The lowest BCUT2D eigenvalue weighted by Crippen LogP contribution is -2.38. The molecule has 2 aromatic carbocycles. The first kappa shape index (κ1) is 20.4. The molecule has 0 saturated heterocycles. The van der Waals surface area contributed by atoms with E-state index in [1.54, 1.807) is 0 Å². The molecule has 27 heavy (non-hydrogen) atoms.